The van der Waals surface area contributed by atoms with Crippen molar-refractivity contribution in [2.24, 2.45) is 0 Å². The highest BCUT2D eigenvalue weighted by molar-refractivity contribution is 7.25. The first-order valence-electron chi connectivity index (χ1n) is 25.6. The summed E-state index contributed by atoms with van der Waals surface area (Å²) >= 11 is 1.81. The van der Waals surface area contributed by atoms with E-state index >= 15 is 0 Å². The van der Waals surface area contributed by atoms with Gasteiger partial charge in [0.2, 0.25) is 0 Å². The van der Waals surface area contributed by atoms with Crippen LogP contribution in [0.5, 0.6) is 0 Å². The second-order valence-electron chi connectivity index (χ2n) is 19.4. The van der Waals surface area contributed by atoms with Crippen molar-refractivity contribution < 1.29 is 0 Å². The third-order valence-corrected chi connectivity index (χ3v) is 16.2. The second-order valence-corrected chi connectivity index (χ2v) is 20.5. The fourth-order valence-corrected chi connectivity index (χ4v) is 12.7. The predicted octanol–water partition coefficient (Wildman–Crippen LogP) is 18.6. The van der Waals surface area contributed by atoms with E-state index < -0.39 is 0 Å². The SMILES string of the molecule is C1=CCCC(n2c3ccccc3c3c(-c4cccc5c4c4ccccc4n5-c4cc(-c5ccccc5)ccc4-c4nc(-c5cccc(-c6ccccc6)c5)nc(-c5ccc6sc7ccccc7c6c5)n4)cccc32)=C1. The van der Waals surface area contributed by atoms with Crippen LogP contribution in [0.4, 0.5) is 0 Å². The number of fused-ring (bicyclic) bond motifs is 9. The van der Waals surface area contributed by atoms with Crippen molar-refractivity contribution in [1.29, 1.82) is 0 Å². The summed E-state index contributed by atoms with van der Waals surface area (Å²) in [7, 11) is 0. The summed E-state index contributed by atoms with van der Waals surface area (Å²) in [5, 5.41) is 7.30. The molecule has 0 N–H and O–H groups in total. The Morgan fingerprint density at radius 3 is 1.56 bits per heavy atom. The molecule has 6 heteroatoms. The number of rotatable bonds is 8. The van der Waals surface area contributed by atoms with Gasteiger partial charge in [0.25, 0.3) is 0 Å². The van der Waals surface area contributed by atoms with Gasteiger partial charge in [0, 0.05) is 64.1 Å². The molecule has 352 valence electrons. The van der Waals surface area contributed by atoms with Crippen molar-refractivity contribution in [3.8, 4) is 73.2 Å². The van der Waals surface area contributed by atoms with E-state index in [0.29, 0.717) is 17.5 Å². The highest BCUT2D eigenvalue weighted by atomic mass is 32.1. The molecule has 0 radical (unpaired) electrons. The molecule has 15 rings (SSSR count). The molecular formula is C69H45N5S. The Hall–Kier alpha value is -9.49. The molecule has 0 unspecified atom stereocenters. The van der Waals surface area contributed by atoms with Crippen LogP contribution >= 0.6 is 11.3 Å². The van der Waals surface area contributed by atoms with E-state index in [9.17, 15) is 0 Å². The van der Waals surface area contributed by atoms with Gasteiger partial charge in [-0.05, 0) is 119 Å². The fraction of sp³-hybridized carbons (Fsp3) is 0.0290. The molecule has 0 spiro atoms. The van der Waals surface area contributed by atoms with Crippen molar-refractivity contribution in [3.05, 3.63) is 249 Å². The smallest absolute Gasteiger partial charge is 0.166 e. The van der Waals surface area contributed by atoms with Crippen molar-refractivity contribution in [1.82, 2.24) is 24.1 Å². The maximum atomic E-state index is 5.51. The molecule has 0 bridgehead atoms. The van der Waals surface area contributed by atoms with Gasteiger partial charge in [-0.25, -0.2) is 15.0 Å². The molecular weight excluding hydrogens is 931 g/mol. The van der Waals surface area contributed by atoms with Crippen LogP contribution in [0.25, 0.3) is 143 Å². The van der Waals surface area contributed by atoms with E-state index in [0.717, 1.165) is 68.5 Å². The van der Waals surface area contributed by atoms with Crippen LogP contribution in [-0.2, 0) is 0 Å². The van der Waals surface area contributed by atoms with Crippen LogP contribution in [0.1, 0.15) is 12.8 Å². The third-order valence-electron chi connectivity index (χ3n) is 15.0. The van der Waals surface area contributed by atoms with Crippen molar-refractivity contribution in [2.75, 3.05) is 0 Å². The first-order chi connectivity index (χ1) is 37.2. The van der Waals surface area contributed by atoms with Gasteiger partial charge in [-0.1, -0.05) is 176 Å². The summed E-state index contributed by atoms with van der Waals surface area (Å²) in [5.41, 5.74) is 16.5. The minimum atomic E-state index is 0.594. The van der Waals surface area contributed by atoms with Crippen molar-refractivity contribution in [3.63, 3.8) is 0 Å². The zero-order chi connectivity index (χ0) is 49.4. The molecule has 0 aliphatic heterocycles. The maximum absolute atomic E-state index is 5.51. The van der Waals surface area contributed by atoms with E-state index in [4.69, 9.17) is 15.0 Å². The Kier molecular flexibility index (Phi) is 10.1. The minimum absolute atomic E-state index is 0.594. The topological polar surface area (TPSA) is 48.5 Å². The third kappa shape index (κ3) is 7.17. The van der Waals surface area contributed by atoms with Gasteiger partial charge < -0.3 is 9.13 Å². The van der Waals surface area contributed by atoms with E-state index in [2.05, 4.69) is 258 Å². The van der Waals surface area contributed by atoms with Crippen molar-refractivity contribution in [2.45, 2.75) is 12.8 Å². The van der Waals surface area contributed by atoms with Gasteiger partial charge in [-0.3, -0.25) is 0 Å². The van der Waals surface area contributed by atoms with Gasteiger partial charge in [0.05, 0.1) is 27.8 Å². The molecule has 4 heterocycles. The predicted molar refractivity (Wildman–Crippen MR) is 315 cm³/mol. The minimum Gasteiger partial charge on any atom is -0.313 e. The number of benzene rings is 10. The number of aromatic nitrogens is 5. The lowest BCUT2D eigenvalue weighted by Crippen LogP contribution is -2.04. The highest BCUT2D eigenvalue weighted by Gasteiger charge is 2.24. The van der Waals surface area contributed by atoms with Crippen LogP contribution in [0.15, 0.2) is 249 Å². The lowest BCUT2D eigenvalue weighted by molar-refractivity contribution is 0.979. The Morgan fingerprint density at radius 2 is 0.867 bits per heavy atom. The molecule has 1 aliphatic carbocycles. The zero-order valence-corrected chi connectivity index (χ0v) is 41.5. The molecule has 0 atom stereocenters. The monoisotopic (exact) mass is 975 g/mol. The molecule has 14 aromatic rings. The molecule has 10 aromatic carbocycles. The molecule has 75 heavy (non-hydrogen) atoms. The first kappa shape index (κ1) is 43.1. The molecule has 4 aromatic heterocycles. The Labute approximate surface area is 437 Å². The second kappa shape index (κ2) is 17.6. The van der Waals surface area contributed by atoms with Gasteiger partial charge in [-0.15, -0.1) is 11.3 Å². The lowest BCUT2D eigenvalue weighted by Gasteiger charge is -2.17. The average Bonchev–Trinajstić information content (AvgIpc) is 4.22. The van der Waals surface area contributed by atoms with Crippen molar-refractivity contribution >= 4 is 80.8 Å². The number of nitrogens with zero attached hydrogens (tertiary/aromatic N) is 5. The quantitative estimate of drug-likeness (QED) is 0.152. The van der Waals surface area contributed by atoms with Gasteiger partial charge in [0.15, 0.2) is 17.5 Å². The Morgan fingerprint density at radius 1 is 0.347 bits per heavy atom. The average molecular weight is 976 g/mol. The van der Waals surface area contributed by atoms with E-state index in [1.165, 1.54) is 69.6 Å². The molecule has 0 saturated heterocycles. The number of para-hydroxylation sites is 2. The largest absolute Gasteiger partial charge is 0.313 e. The zero-order valence-electron chi connectivity index (χ0n) is 40.7. The summed E-state index contributed by atoms with van der Waals surface area (Å²) in [5.74, 6) is 1.82. The molecule has 0 saturated carbocycles. The molecule has 5 nitrogen and oxygen atoms in total. The lowest BCUT2D eigenvalue weighted by atomic mass is 9.95. The molecule has 0 fully saturated rings. The number of thiophene rings is 1. The van der Waals surface area contributed by atoms with Gasteiger partial charge >= 0.3 is 0 Å². The van der Waals surface area contributed by atoms with Crippen LogP contribution in [0, 0.1) is 0 Å². The van der Waals surface area contributed by atoms with Crippen LogP contribution in [-0.4, -0.2) is 24.1 Å². The van der Waals surface area contributed by atoms with E-state index in [-0.39, 0.29) is 0 Å². The standard InChI is InChI=1S/C69H45N5S/c1-4-19-44(20-5-1)46-23-16-24-48(41-46)67-70-68(49-38-40-64-57(42-49)51-27-12-15-36-63(51)75-64)72-69(71-67)56-39-37-47(45-21-6-2-7-22-45)43-62(56)74-59-33-14-11-29-55(59)66-53(31-18-35-61(66)74)52-30-17-34-60-65(52)54-28-10-13-32-58(54)73(60)50-25-8-3-9-26-50/h1-8,10-25,27-43H,9,26H2. The summed E-state index contributed by atoms with van der Waals surface area (Å²) in [6, 6.07) is 83.2. The maximum Gasteiger partial charge on any atom is 0.166 e. The number of hydrogen-bond acceptors (Lipinski definition) is 4. The summed E-state index contributed by atoms with van der Waals surface area (Å²) < 4.78 is 7.42. The Balaban J connectivity index is 0.995. The summed E-state index contributed by atoms with van der Waals surface area (Å²) in [6.07, 6.45) is 8.77. The van der Waals surface area contributed by atoms with Crippen LogP contribution in [0.3, 0.4) is 0 Å². The van der Waals surface area contributed by atoms with Gasteiger partial charge in [0.1, 0.15) is 0 Å². The molecule has 1 aliphatic rings. The first-order valence-corrected chi connectivity index (χ1v) is 26.5. The van der Waals surface area contributed by atoms with E-state index in [1.54, 1.807) is 0 Å². The Bertz CT molecular complexity index is 4650. The van der Waals surface area contributed by atoms with E-state index in [1.807, 2.05) is 11.3 Å². The van der Waals surface area contributed by atoms with Crippen LogP contribution in [0.2, 0.25) is 0 Å². The normalized spacial score (nSPS) is 12.7. The summed E-state index contributed by atoms with van der Waals surface area (Å²) in [4.78, 5) is 16.4. The summed E-state index contributed by atoms with van der Waals surface area (Å²) in [6.45, 7) is 0. The van der Waals surface area contributed by atoms with Gasteiger partial charge in [-0.2, -0.15) is 0 Å². The fourth-order valence-electron chi connectivity index (χ4n) is 11.6. The number of hydrogen-bond donors (Lipinski definition) is 0. The van der Waals surface area contributed by atoms with Crippen LogP contribution < -0.4 is 0 Å². The highest BCUT2D eigenvalue weighted by Crippen LogP contribution is 2.46. The number of allylic oxidation sites excluding steroid dienone is 4. The molecule has 0 amide bonds.